The molecule has 1 amide bonds. The van der Waals surface area contributed by atoms with Crippen molar-refractivity contribution in [2.75, 3.05) is 6.26 Å². The van der Waals surface area contributed by atoms with Crippen LogP contribution in [-0.4, -0.2) is 16.7 Å². The van der Waals surface area contributed by atoms with Crippen LogP contribution in [0, 0.1) is 18.4 Å². The fourth-order valence-corrected chi connectivity index (χ4v) is 4.27. The topological polar surface area (TPSA) is 101 Å². The smallest absolute Gasteiger partial charge is 0.348 e. The van der Waals surface area contributed by atoms with E-state index in [1.807, 2.05) is 51.3 Å². The number of hydrogen-bond acceptors (Lipinski definition) is 5. The number of hydrogen-bond donors (Lipinski definition) is 2. The Kier molecular flexibility index (Phi) is 9.97. The van der Waals surface area contributed by atoms with Gasteiger partial charge in [-0.2, -0.15) is 18.4 Å². The summed E-state index contributed by atoms with van der Waals surface area (Å²) in [6.07, 6.45) is 0.162. The molecule has 0 saturated carbocycles. The Hall–Kier alpha value is -3.71. The Morgan fingerprint density at radius 3 is 2.24 bits per heavy atom. The molecule has 0 saturated heterocycles. The van der Waals surface area contributed by atoms with Crippen LogP contribution in [0.25, 0.3) is 11.1 Å². The lowest BCUT2D eigenvalue weighted by molar-refractivity contribution is -0.137. The number of benzene rings is 2. The number of carbonyl (C=O) groups excluding carboxylic acids is 1. The molecule has 3 aromatic rings. The first-order chi connectivity index (χ1) is 17.3. The molecule has 1 aromatic heterocycles. The third-order valence-corrected chi connectivity index (χ3v) is 6.48. The SMILES string of the molecule is CSc1ccc(C(C)NC(=O)c2cn(C(C)C)c(C)c(-c3cccc(C(F)(F)F)c3)c2=O)cc1.N#CN. The van der Waals surface area contributed by atoms with Gasteiger partial charge in [-0.1, -0.05) is 24.3 Å². The zero-order valence-electron chi connectivity index (χ0n) is 21.2. The number of halogens is 3. The zero-order chi connectivity index (χ0) is 27.9. The van der Waals surface area contributed by atoms with E-state index in [1.54, 1.807) is 23.3 Å². The third-order valence-electron chi connectivity index (χ3n) is 5.73. The number of alkyl halides is 3. The summed E-state index contributed by atoms with van der Waals surface area (Å²) in [5.41, 5.74) is 4.18. The molecule has 10 heteroatoms. The molecule has 6 nitrogen and oxygen atoms in total. The molecule has 3 rings (SSSR count). The van der Waals surface area contributed by atoms with E-state index in [1.165, 1.54) is 24.5 Å². The number of thioether (sulfide) groups is 1. The van der Waals surface area contributed by atoms with E-state index in [9.17, 15) is 22.8 Å². The summed E-state index contributed by atoms with van der Waals surface area (Å²) < 4.78 is 41.6. The maximum atomic E-state index is 13.4. The van der Waals surface area contributed by atoms with Crippen LogP contribution in [0.15, 0.2) is 64.4 Å². The summed E-state index contributed by atoms with van der Waals surface area (Å²) in [4.78, 5) is 27.7. The number of rotatable bonds is 6. The summed E-state index contributed by atoms with van der Waals surface area (Å²) >= 11 is 1.61. The first-order valence-electron chi connectivity index (χ1n) is 11.3. The second kappa shape index (κ2) is 12.5. The molecule has 1 heterocycles. The molecule has 0 radical (unpaired) electrons. The van der Waals surface area contributed by atoms with Crippen molar-refractivity contribution < 1.29 is 18.0 Å². The van der Waals surface area contributed by atoms with Crippen LogP contribution >= 0.6 is 11.8 Å². The third kappa shape index (κ3) is 7.17. The quantitative estimate of drug-likeness (QED) is 0.229. The van der Waals surface area contributed by atoms with Gasteiger partial charge in [-0.15, -0.1) is 11.8 Å². The number of aromatic nitrogens is 1. The second-order valence-corrected chi connectivity index (χ2v) is 9.39. The van der Waals surface area contributed by atoms with Crippen LogP contribution in [-0.2, 0) is 6.18 Å². The fraction of sp³-hybridized carbons (Fsp3) is 0.296. The molecule has 2 aromatic carbocycles. The van der Waals surface area contributed by atoms with Crippen molar-refractivity contribution >= 4 is 17.7 Å². The van der Waals surface area contributed by atoms with Crippen LogP contribution in [0.4, 0.5) is 13.2 Å². The first kappa shape index (κ1) is 29.5. The van der Waals surface area contributed by atoms with Crippen molar-refractivity contribution in [1.82, 2.24) is 9.88 Å². The van der Waals surface area contributed by atoms with E-state index < -0.39 is 23.1 Å². The van der Waals surface area contributed by atoms with E-state index in [-0.39, 0.29) is 28.8 Å². The normalized spacial score (nSPS) is 11.8. The van der Waals surface area contributed by atoms with Gasteiger partial charge in [-0.05, 0) is 69.3 Å². The second-order valence-electron chi connectivity index (χ2n) is 8.51. The Morgan fingerprint density at radius 1 is 1.14 bits per heavy atom. The van der Waals surface area contributed by atoms with Crippen molar-refractivity contribution in [3.05, 3.63) is 87.3 Å². The van der Waals surface area contributed by atoms with Gasteiger partial charge in [0.2, 0.25) is 5.43 Å². The monoisotopic (exact) mass is 530 g/mol. The largest absolute Gasteiger partial charge is 0.416 e. The maximum Gasteiger partial charge on any atom is 0.416 e. The number of amides is 1. The molecule has 1 atom stereocenters. The van der Waals surface area contributed by atoms with Gasteiger partial charge in [-0.25, -0.2) is 0 Å². The highest BCUT2D eigenvalue weighted by molar-refractivity contribution is 7.98. The molecule has 37 heavy (non-hydrogen) atoms. The van der Waals surface area contributed by atoms with Crippen molar-refractivity contribution in [3.63, 3.8) is 0 Å². The Morgan fingerprint density at radius 2 is 1.73 bits per heavy atom. The van der Waals surface area contributed by atoms with Crippen molar-refractivity contribution in [2.24, 2.45) is 5.73 Å². The van der Waals surface area contributed by atoms with Crippen LogP contribution < -0.4 is 16.5 Å². The van der Waals surface area contributed by atoms with Crippen molar-refractivity contribution in [1.29, 1.82) is 5.26 Å². The van der Waals surface area contributed by atoms with Gasteiger partial charge in [-0.3, -0.25) is 9.59 Å². The van der Waals surface area contributed by atoms with Gasteiger partial charge in [0.15, 0.2) is 6.19 Å². The van der Waals surface area contributed by atoms with Gasteiger partial charge in [0.25, 0.3) is 5.91 Å². The average molecular weight is 531 g/mol. The van der Waals surface area contributed by atoms with E-state index in [0.29, 0.717) is 5.69 Å². The number of nitrogens with two attached hydrogens (primary N) is 1. The minimum atomic E-state index is -4.54. The van der Waals surface area contributed by atoms with Gasteiger partial charge in [0, 0.05) is 28.4 Å². The highest BCUT2D eigenvalue weighted by Crippen LogP contribution is 2.32. The van der Waals surface area contributed by atoms with E-state index in [4.69, 9.17) is 5.26 Å². The van der Waals surface area contributed by atoms with Crippen LogP contribution in [0.1, 0.15) is 60.0 Å². The van der Waals surface area contributed by atoms with Gasteiger partial charge in [0.05, 0.1) is 11.6 Å². The lowest BCUT2D eigenvalue weighted by Gasteiger charge is -2.21. The predicted molar refractivity (Wildman–Crippen MR) is 140 cm³/mol. The standard InChI is InChI=1S/C26H27F3N2O2S.CH2N2/c1-15(2)31-14-22(25(33)30-16(3)18-9-11-21(34-5)12-10-18)24(32)23(17(31)4)19-7-6-8-20(13-19)26(27,28)29;2-1-3/h6-16H,1-5H3,(H,30,33);2H2. The van der Waals surface area contributed by atoms with Crippen LogP contribution in [0.3, 0.4) is 0 Å². The molecule has 0 spiro atoms. The molecule has 0 aliphatic rings. The van der Waals surface area contributed by atoms with Crippen molar-refractivity contribution in [3.8, 4) is 17.3 Å². The fourth-order valence-electron chi connectivity index (χ4n) is 3.86. The van der Waals surface area contributed by atoms with Gasteiger partial charge < -0.3 is 15.6 Å². The lowest BCUT2D eigenvalue weighted by atomic mass is 9.98. The van der Waals surface area contributed by atoms with Gasteiger partial charge >= 0.3 is 6.18 Å². The van der Waals surface area contributed by atoms with Crippen molar-refractivity contribution in [2.45, 2.75) is 50.9 Å². The molecule has 1 unspecified atom stereocenters. The van der Waals surface area contributed by atoms with E-state index in [2.05, 4.69) is 11.1 Å². The zero-order valence-corrected chi connectivity index (χ0v) is 22.0. The Balaban J connectivity index is 0.00000153. The van der Waals surface area contributed by atoms with Crippen LogP contribution in [0.5, 0.6) is 0 Å². The molecule has 0 bridgehead atoms. The number of nitriles is 1. The van der Waals surface area contributed by atoms with E-state index >= 15 is 0 Å². The lowest BCUT2D eigenvalue weighted by Crippen LogP contribution is -2.33. The molecular formula is C27H29F3N4O2S. The summed E-state index contributed by atoms with van der Waals surface area (Å²) in [5.74, 6) is -0.575. The average Bonchev–Trinajstić information content (AvgIpc) is 2.84. The minimum Gasteiger partial charge on any atom is -0.348 e. The summed E-state index contributed by atoms with van der Waals surface area (Å²) in [6, 6.07) is 11.9. The predicted octanol–water partition coefficient (Wildman–Crippen LogP) is 6.06. The summed E-state index contributed by atoms with van der Waals surface area (Å²) in [5, 5.41) is 9.95. The summed E-state index contributed by atoms with van der Waals surface area (Å²) in [6.45, 7) is 7.25. The highest BCUT2D eigenvalue weighted by Gasteiger charge is 2.31. The highest BCUT2D eigenvalue weighted by atomic mass is 32.2. The molecule has 0 aliphatic heterocycles. The number of pyridine rings is 1. The van der Waals surface area contributed by atoms with E-state index in [0.717, 1.165) is 22.6 Å². The molecule has 0 fully saturated rings. The molecule has 0 aliphatic carbocycles. The Labute approximate surface area is 218 Å². The maximum absolute atomic E-state index is 13.4. The Bertz CT molecular complexity index is 1340. The molecule has 196 valence electrons. The van der Waals surface area contributed by atoms with Crippen LogP contribution in [0.2, 0.25) is 0 Å². The van der Waals surface area contributed by atoms with Gasteiger partial charge in [0.1, 0.15) is 5.56 Å². The first-order valence-corrected chi connectivity index (χ1v) is 12.6. The number of carbonyl (C=O) groups is 1. The summed E-state index contributed by atoms with van der Waals surface area (Å²) in [7, 11) is 0. The molecule has 3 N–H and O–H groups in total. The minimum absolute atomic E-state index is 0.0874. The number of nitrogens with one attached hydrogen (secondary N) is 1. The number of nitrogens with zero attached hydrogens (tertiary/aromatic N) is 2. The molecular weight excluding hydrogens is 501 g/mol.